The molecule has 0 fully saturated rings. The number of hydrogen-bond donors (Lipinski definition) is 2. The lowest BCUT2D eigenvalue weighted by Gasteiger charge is -2.14. The van der Waals surface area contributed by atoms with Crippen LogP contribution in [0.1, 0.15) is 53.5 Å². The first-order chi connectivity index (χ1) is 16.6. The zero-order valence-corrected chi connectivity index (χ0v) is 22.7. The number of halogens is 2. The van der Waals surface area contributed by atoms with Crippen LogP contribution >= 0.6 is 23.2 Å². The predicted molar refractivity (Wildman–Crippen MR) is 146 cm³/mol. The average Bonchev–Trinajstić information content (AvgIpc) is 2.85. The Hall–Kier alpha value is -3.22. The third-order valence-electron chi connectivity index (χ3n) is 4.75. The van der Waals surface area contributed by atoms with Crippen molar-refractivity contribution in [2.75, 3.05) is 12.4 Å². The monoisotopic (exact) mass is 514 g/mol. The van der Waals surface area contributed by atoms with Gasteiger partial charge >= 0.3 is 0 Å². The summed E-state index contributed by atoms with van der Waals surface area (Å²) in [5.74, 6) is -0.569. The Morgan fingerprint density at radius 1 is 0.943 bits per heavy atom. The molecule has 0 aliphatic carbocycles. The second kappa shape index (κ2) is 14.9. The zero-order valence-electron chi connectivity index (χ0n) is 21.2. The fraction of sp³-hybridized carbons (Fsp3) is 0.259. The van der Waals surface area contributed by atoms with E-state index in [1.165, 1.54) is 7.05 Å². The molecule has 0 saturated heterocycles. The maximum atomic E-state index is 12.6. The van der Waals surface area contributed by atoms with E-state index in [-0.39, 0.29) is 11.8 Å². The Balaban J connectivity index is 0.000000512. The SMILES string of the molecule is CC.CNC(=O)c1cc(Cl)cc(C)c1NC(=O)/C(C)=C/c1ccccc1C.Cc1nccnc1Cl. The van der Waals surface area contributed by atoms with Crippen LogP contribution in [-0.4, -0.2) is 28.8 Å². The summed E-state index contributed by atoms with van der Waals surface area (Å²) in [6, 6.07) is 11.1. The van der Waals surface area contributed by atoms with E-state index in [4.69, 9.17) is 23.2 Å². The Morgan fingerprint density at radius 3 is 2.11 bits per heavy atom. The van der Waals surface area contributed by atoms with E-state index in [1.54, 1.807) is 38.4 Å². The van der Waals surface area contributed by atoms with Gasteiger partial charge in [0.2, 0.25) is 0 Å². The predicted octanol–water partition coefficient (Wildman–Crippen LogP) is 6.82. The highest BCUT2D eigenvalue weighted by Gasteiger charge is 2.17. The third kappa shape index (κ3) is 9.15. The molecule has 0 unspecified atom stereocenters. The van der Waals surface area contributed by atoms with Crippen LogP contribution in [0.2, 0.25) is 10.2 Å². The lowest BCUT2D eigenvalue weighted by molar-refractivity contribution is -0.112. The number of carbonyl (C=O) groups is 2. The number of nitrogens with one attached hydrogen (secondary N) is 2. The summed E-state index contributed by atoms with van der Waals surface area (Å²) >= 11 is 11.6. The van der Waals surface area contributed by atoms with E-state index in [9.17, 15) is 9.59 Å². The highest BCUT2D eigenvalue weighted by Crippen LogP contribution is 2.26. The summed E-state index contributed by atoms with van der Waals surface area (Å²) < 4.78 is 0. The molecule has 35 heavy (non-hydrogen) atoms. The fourth-order valence-corrected chi connectivity index (χ4v) is 3.25. The fourth-order valence-electron chi connectivity index (χ4n) is 2.87. The lowest BCUT2D eigenvalue weighted by Crippen LogP contribution is -2.22. The van der Waals surface area contributed by atoms with Crippen molar-refractivity contribution in [2.45, 2.75) is 41.5 Å². The quantitative estimate of drug-likeness (QED) is 0.374. The molecule has 0 saturated carbocycles. The van der Waals surface area contributed by atoms with Gasteiger partial charge in [-0.05, 0) is 62.6 Å². The number of nitrogens with zero attached hydrogens (tertiary/aromatic N) is 2. The summed E-state index contributed by atoms with van der Waals surface area (Å²) in [4.78, 5) is 32.3. The highest BCUT2D eigenvalue weighted by molar-refractivity contribution is 6.31. The van der Waals surface area contributed by atoms with Crippen LogP contribution in [0.15, 0.2) is 54.4 Å². The van der Waals surface area contributed by atoms with Gasteiger partial charge in [0.05, 0.1) is 16.9 Å². The molecular formula is C27H32Cl2N4O2. The van der Waals surface area contributed by atoms with Gasteiger partial charge in [-0.15, -0.1) is 0 Å². The second-order valence-corrected chi connectivity index (χ2v) is 8.09. The first-order valence-electron chi connectivity index (χ1n) is 11.1. The largest absolute Gasteiger partial charge is 0.355 e. The van der Waals surface area contributed by atoms with Gasteiger partial charge in [-0.1, -0.05) is 61.3 Å². The maximum Gasteiger partial charge on any atom is 0.253 e. The van der Waals surface area contributed by atoms with E-state index in [1.807, 2.05) is 58.0 Å². The lowest BCUT2D eigenvalue weighted by atomic mass is 10.0. The molecule has 3 rings (SSSR count). The number of amides is 2. The minimum atomic E-state index is -0.304. The number of anilines is 1. The minimum Gasteiger partial charge on any atom is -0.355 e. The van der Waals surface area contributed by atoms with Gasteiger partial charge in [0, 0.05) is 30.0 Å². The highest BCUT2D eigenvalue weighted by atomic mass is 35.5. The van der Waals surface area contributed by atoms with Gasteiger partial charge < -0.3 is 10.6 Å². The Morgan fingerprint density at radius 2 is 1.57 bits per heavy atom. The van der Waals surface area contributed by atoms with Crippen molar-refractivity contribution in [3.05, 3.63) is 92.5 Å². The molecule has 0 spiro atoms. The molecule has 0 radical (unpaired) electrons. The molecule has 1 heterocycles. The number of rotatable bonds is 4. The van der Waals surface area contributed by atoms with Crippen LogP contribution in [0, 0.1) is 20.8 Å². The van der Waals surface area contributed by atoms with Gasteiger partial charge in [-0.3, -0.25) is 14.6 Å². The van der Waals surface area contributed by atoms with Crippen molar-refractivity contribution in [1.82, 2.24) is 15.3 Å². The molecule has 2 amide bonds. The third-order valence-corrected chi connectivity index (χ3v) is 5.34. The standard InChI is InChI=1S/C20H21ClN2O2.C5H5ClN2.C2H6/c1-12-7-5-6-8-15(12)9-14(3)19(24)23-18-13(2)10-16(21)11-17(18)20(25)22-4;1-4-5(6)8-3-2-7-4;1-2/h5-11H,1-4H3,(H,22,25)(H,23,24);2-3H,1H3;1-2H3/b14-9+;;. The van der Waals surface area contributed by atoms with E-state index in [0.717, 1.165) is 22.4 Å². The summed E-state index contributed by atoms with van der Waals surface area (Å²) in [6.07, 6.45) is 5.01. The van der Waals surface area contributed by atoms with Crippen molar-refractivity contribution in [3.63, 3.8) is 0 Å². The molecule has 2 aromatic carbocycles. The summed E-state index contributed by atoms with van der Waals surface area (Å²) in [5.41, 5.74) is 4.91. The topological polar surface area (TPSA) is 84.0 Å². The van der Waals surface area contributed by atoms with Crippen LogP contribution in [0.25, 0.3) is 6.08 Å². The van der Waals surface area contributed by atoms with Crippen LogP contribution in [0.5, 0.6) is 0 Å². The van der Waals surface area contributed by atoms with E-state index >= 15 is 0 Å². The molecule has 186 valence electrons. The van der Waals surface area contributed by atoms with Crippen molar-refractivity contribution in [1.29, 1.82) is 0 Å². The van der Waals surface area contributed by atoms with Crippen molar-refractivity contribution >= 4 is 46.8 Å². The number of benzene rings is 2. The molecule has 3 aromatic rings. The molecule has 6 nitrogen and oxygen atoms in total. The Kier molecular flexibility index (Phi) is 12.7. The summed E-state index contributed by atoms with van der Waals surface area (Å²) in [6.45, 7) is 11.3. The number of hydrogen-bond acceptors (Lipinski definition) is 4. The van der Waals surface area contributed by atoms with Crippen LogP contribution in [-0.2, 0) is 4.79 Å². The first-order valence-corrected chi connectivity index (χ1v) is 11.9. The summed E-state index contributed by atoms with van der Waals surface area (Å²) in [5, 5.41) is 6.32. The van der Waals surface area contributed by atoms with Gasteiger partial charge in [0.1, 0.15) is 5.15 Å². The molecule has 0 atom stereocenters. The smallest absolute Gasteiger partial charge is 0.253 e. The van der Waals surface area contributed by atoms with Gasteiger partial charge in [-0.25, -0.2) is 4.98 Å². The molecule has 0 aliphatic heterocycles. The van der Waals surface area contributed by atoms with E-state index < -0.39 is 0 Å². The Labute approximate surface area is 217 Å². The molecule has 0 bridgehead atoms. The molecule has 8 heteroatoms. The second-order valence-electron chi connectivity index (χ2n) is 7.29. The maximum absolute atomic E-state index is 12.6. The van der Waals surface area contributed by atoms with Crippen LogP contribution in [0.4, 0.5) is 5.69 Å². The molecule has 2 N–H and O–H groups in total. The number of aryl methyl sites for hydroxylation is 3. The summed E-state index contributed by atoms with van der Waals surface area (Å²) in [7, 11) is 1.54. The normalized spacial score (nSPS) is 10.3. The van der Waals surface area contributed by atoms with Crippen LogP contribution < -0.4 is 10.6 Å². The molecule has 0 aliphatic rings. The number of carbonyl (C=O) groups excluding carboxylic acids is 2. The van der Waals surface area contributed by atoms with Crippen molar-refractivity contribution in [3.8, 4) is 0 Å². The first kappa shape index (κ1) is 29.8. The Bertz CT molecular complexity index is 1170. The number of aromatic nitrogens is 2. The average molecular weight is 515 g/mol. The van der Waals surface area contributed by atoms with Crippen molar-refractivity contribution < 1.29 is 9.59 Å². The van der Waals surface area contributed by atoms with Crippen LogP contribution in [0.3, 0.4) is 0 Å². The van der Waals surface area contributed by atoms with Crippen molar-refractivity contribution in [2.24, 2.45) is 0 Å². The van der Waals surface area contributed by atoms with E-state index in [0.29, 0.717) is 27.0 Å². The molecule has 1 aromatic heterocycles. The minimum absolute atomic E-state index is 0.265. The van der Waals surface area contributed by atoms with E-state index in [2.05, 4.69) is 20.6 Å². The van der Waals surface area contributed by atoms with Gasteiger partial charge in [0.15, 0.2) is 0 Å². The molecular weight excluding hydrogens is 483 g/mol. The zero-order chi connectivity index (χ0) is 26.5. The van der Waals surface area contributed by atoms with Gasteiger partial charge in [0.25, 0.3) is 11.8 Å². The van der Waals surface area contributed by atoms with Gasteiger partial charge in [-0.2, -0.15) is 0 Å².